The number of hydrogen-bond acceptors (Lipinski definition) is 4. The summed E-state index contributed by atoms with van der Waals surface area (Å²) >= 11 is 0. The van der Waals surface area contributed by atoms with E-state index in [1.807, 2.05) is 6.07 Å². The molecule has 1 aliphatic rings. The fourth-order valence-electron chi connectivity index (χ4n) is 2.94. The van der Waals surface area contributed by atoms with Crippen LogP contribution in [-0.2, 0) is 35.3 Å². The first-order valence-electron chi connectivity index (χ1n) is 8.38. The Morgan fingerprint density at radius 3 is 2.87 bits per heavy atom. The fraction of sp³-hybridized carbons (Fsp3) is 0.556. The number of hydrogen-bond donors (Lipinski definition) is 0. The molecule has 1 saturated heterocycles. The van der Waals surface area contributed by atoms with Crippen LogP contribution < -0.4 is 0 Å². The van der Waals surface area contributed by atoms with Crippen LogP contribution in [0.1, 0.15) is 23.6 Å². The van der Waals surface area contributed by atoms with Gasteiger partial charge in [-0.2, -0.15) is 5.10 Å². The number of benzene rings is 1. The third kappa shape index (κ3) is 4.62. The van der Waals surface area contributed by atoms with Gasteiger partial charge in [-0.25, -0.2) is 9.67 Å². The predicted octanol–water partition coefficient (Wildman–Crippen LogP) is 2.29. The van der Waals surface area contributed by atoms with Crippen molar-refractivity contribution in [3.63, 3.8) is 0 Å². The van der Waals surface area contributed by atoms with Crippen LogP contribution in [0.4, 0.5) is 0 Å². The lowest BCUT2D eigenvalue weighted by Crippen LogP contribution is -2.13. The minimum Gasteiger partial charge on any atom is -0.384 e. The van der Waals surface area contributed by atoms with E-state index in [4.69, 9.17) is 14.5 Å². The summed E-state index contributed by atoms with van der Waals surface area (Å²) in [6, 6.07) is 10.5. The molecule has 2 aromatic rings. The summed E-state index contributed by atoms with van der Waals surface area (Å²) in [7, 11) is 1.71. The van der Waals surface area contributed by atoms with Gasteiger partial charge in [-0.3, -0.25) is 0 Å². The lowest BCUT2D eigenvalue weighted by atomic mass is 10.0. The summed E-state index contributed by atoms with van der Waals surface area (Å²) in [5.41, 5.74) is 1.33. The normalized spacial score (nSPS) is 17.7. The van der Waals surface area contributed by atoms with Gasteiger partial charge in [0.05, 0.1) is 6.61 Å². The monoisotopic (exact) mass is 315 g/mol. The second-order valence-corrected chi connectivity index (χ2v) is 6.08. The van der Waals surface area contributed by atoms with Gasteiger partial charge < -0.3 is 9.47 Å². The van der Waals surface area contributed by atoms with E-state index >= 15 is 0 Å². The lowest BCUT2D eigenvalue weighted by Gasteiger charge is -2.09. The van der Waals surface area contributed by atoms with E-state index in [-0.39, 0.29) is 0 Å². The van der Waals surface area contributed by atoms with Crippen LogP contribution >= 0.6 is 0 Å². The van der Waals surface area contributed by atoms with Gasteiger partial charge in [-0.05, 0) is 24.3 Å². The van der Waals surface area contributed by atoms with Crippen molar-refractivity contribution in [3.05, 3.63) is 47.5 Å². The van der Waals surface area contributed by atoms with Crippen molar-refractivity contribution >= 4 is 0 Å². The molecule has 0 N–H and O–H groups in total. The largest absolute Gasteiger partial charge is 0.384 e. The van der Waals surface area contributed by atoms with Gasteiger partial charge in [-0.1, -0.05) is 30.3 Å². The second kappa shape index (κ2) is 8.22. The Morgan fingerprint density at radius 2 is 2.13 bits per heavy atom. The number of rotatable bonds is 8. The highest BCUT2D eigenvalue weighted by Gasteiger charge is 2.20. The summed E-state index contributed by atoms with van der Waals surface area (Å²) in [5, 5.41) is 4.69. The van der Waals surface area contributed by atoms with Crippen molar-refractivity contribution < 1.29 is 9.47 Å². The zero-order chi connectivity index (χ0) is 15.9. The standard InChI is InChI=1S/C18H25N3O2/c1-22-11-9-17-19-18(13-16-8-12-23-14-16)21(20-17)10-7-15-5-3-2-4-6-15/h2-6,16H,7-14H2,1H3/t16-/m0/s1. The van der Waals surface area contributed by atoms with Crippen LogP contribution in [0.25, 0.3) is 0 Å². The van der Waals surface area contributed by atoms with Gasteiger partial charge in [0.1, 0.15) is 5.82 Å². The Hall–Kier alpha value is -1.72. The smallest absolute Gasteiger partial charge is 0.153 e. The molecule has 1 aliphatic heterocycles. The maximum absolute atomic E-state index is 5.49. The molecule has 1 aromatic carbocycles. The Labute approximate surface area is 137 Å². The third-order valence-corrected chi connectivity index (χ3v) is 4.27. The van der Waals surface area contributed by atoms with Crippen molar-refractivity contribution in [2.45, 2.75) is 32.2 Å². The highest BCUT2D eigenvalue weighted by molar-refractivity contribution is 5.14. The van der Waals surface area contributed by atoms with Gasteiger partial charge in [0.2, 0.25) is 0 Å². The van der Waals surface area contributed by atoms with Gasteiger partial charge in [-0.15, -0.1) is 0 Å². The van der Waals surface area contributed by atoms with Crippen molar-refractivity contribution in [2.24, 2.45) is 5.92 Å². The van der Waals surface area contributed by atoms with E-state index < -0.39 is 0 Å². The van der Waals surface area contributed by atoms with E-state index in [9.17, 15) is 0 Å². The van der Waals surface area contributed by atoms with Crippen LogP contribution in [0, 0.1) is 5.92 Å². The molecule has 2 heterocycles. The Kier molecular flexibility index (Phi) is 5.77. The van der Waals surface area contributed by atoms with Crippen molar-refractivity contribution in [2.75, 3.05) is 26.9 Å². The average Bonchev–Trinajstić information content (AvgIpc) is 3.22. The van der Waals surface area contributed by atoms with Gasteiger partial charge in [0.25, 0.3) is 0 Å². The SMILES string of the molecule is COCCc1nc(C[C@@H]2CCOC2)n(CCc2ccccc2)n1. The molecule has 0 unspecified atom stereocenters. The van der Waals surface area contributed by atoms with Crippen LogP contribution in [-0.4, -0.2) is 41.7 Å². The minimum absolute atomic E-state index is 0.574. The molecule has 0 amide bonds. The van der Waals surface area contributed by atoms with Crippen LogP contribution in [0.3, 0.4) is 0 Å². The van der Waals surface area contributed by atoms with Crippen LogP contribution in [0.2, 0.25) is 0 Å². The Morgan fingerprint density at radius 1 is 1.26 bits per heavy atom. The van der Waals surface area contributed by atoms with E-state index in [1.165, 1.54) is 5.56 Å². The fourth-order valence-corrected chi connectivity index (χ4v) is 2.94. The van der Waals surface area contributed by atoms with Crippen molar-refractivity contribution in [1.82, 2.24) is 14.8 Å². The molecule has 1 aromatic heterocycles. The summed E-state index contributed by atoms with van der Waals surface area (Å²) in [5.74, 6) is 2.54. The van der Waals surface area contributed by atoms with Gasteiger partial charge in [0.15, 0.2) is 5.82 Å². The molecule has 0 spiro atoms. The predicted molar refractivity (Wildman–Crippen MR) is 88.4 cm³/mol. The van der Waals surface area contributed by atoms with E-state index in [0.717, 1.165) is 57.1 Å². The molecule has 0 saturated carbocycles. The Balaban J connectivity index is 1.68. The highest BCUT2D eigenvalue weighted by atomic mass is 16.5. The average molecular weight is 315 g/mol. The van der Waals surface area contributed by atoms with Crippen LogP contribution in [0.5, 0.6) is 0 Å². The molecular formula is C18H25N3O2. The maximum atomic E-state index is 5.49. The number of ether oxygens (including phenoxy) is 2. The summed E-state index contributed by atoms with van der Waals surface area (Å²) in [4.78, 5) is 4.74. The Bertz CT molecular complexity index is 592. The maximum Gasteiger partial charge on any atom is 0.153 e. The molecule has 3 rings (SSSR count). The van der Waals surface area contributed by atoms with Crippen LogP contribution in [0.15, 0.2) is 30.3 Å². The summed E-state index contributed by atoms with van der Waals surface area (Å²) < 4.78 is 12.7. The van der Waals surface area contributed by atoms with E-state index in [0.29, 0.717) is 12.5 Å². The molecule has 0 radical (unpaired) electrons. The molecular weight excluding hydrogens is 290 g/mol. The zero-order valence-corrected chi connectivity index (χ0v) is 13.8. The quantitative estimate of drug-likeness (QED) is 0.750. The molecule has 0 bridgehead atoms. The van der Waals surface area contributed by atoms with Crippen molar-refractivity contribution in [1.29, 1.82) is 0 Å². The molecule has 1 atom stereocenters. The molecule has 23 heavy (non-hydrogen) atoms. The first kappa shape index (κ1) is 16.1. The zero-order valence-electron chi connectivity index (χ0n) is 13.8. The van der Waals surface area contributed by atoms with Gasteiger partial charge >= 0.3 is 0 Å². The van der Waals surface area contributed by atoms with Gasteiger partial charge in [0, 0.05) is 39.7 Å². The highest BCUT2D eigenvalue weighted by Crippen LogP contribution is 2.18. The number of nitrogens with zero attached hydrogens (tertiary/aromatic N) is 3. The minimum atomic E-state index is 0.574. The van der Waals surface area contributed by atoms with E-state index in [1.54, 1.807) is 7.11 Å². The first-order valence-corrected chi connectivity index (χ1v) is 8.38. The van der Waals surface area contributed by atoms with Crippen molar-refractivity contribution in [3.8, 4) is 0 Å². The lowest BCUT2D eigenvalue weighted by molar-refractivity contribution is 0.185. The molecule has 1 fully saturated rings. The molecule has 5 heteroatoms. The summed E-state index contributed by atoms with van der Waals surface area (Å²) in [6.07, 6.45) is 3.82. The topological polar surface area (TPSA) is 49.2 Å². The number of methoxy groups -OCH3 is 1. The third-order valence-electron chi connectivity index (χ3n) is 4.27. The number of aryl methyl sites for hydroxylation is 2. The van der Waals surface area contributed by atoms with E-state index in [2.05, 4.69) is 34.0 Å². The molecule has 0 aliphatic carbocycles. The second-order valence-electron chi connectivity index (χ2n) is 6.08. The summed E-state index contributed by atoms with van der Waals surface area (Å²) in [6.45, 7) is 3.25. The number of aromatic nitrogens is 3. The first-order chi connectivity index (χ1) is 11.3. The molecule has 124 valence electrons. The molecule has 5 nitrogen and oxygen atoms in total.